The van der Waals surface area contributed by atoms with Crippen LogP contribution < -0.4 is 9.64 Å². The Morgan fingerprint density at radius 3 is 2.65 bits per heavy atom. The Kier molecular flexibility index (Phi) is 6.29. The summed E-state index contributed by atoms with van der Waals surface area (Å²) in [6, 6.07) is 21.9. The van der Waals surface area contributed by atoms with Crippen LogP contribution in [0, 0.1) is 13.8 Å². The number of carbonyl (C=O) groups is 1. The first-order valence-corrected chi connectivity index (χ1v) is 12.1. The Morgan fingerprint density at radius 1 is 1.06 bits per heavy atom. The molecule has 1 atom stereocenters. The van der Waals surface area contributed by atoms with Crippen LogP contribution in [-0.4, -0.2) is 28.6 Å². The summed E-state index contributed by atoms with van der Waals surface area (Å²) in [5, 5.41) is 0.664. The van der Waals surface area contributed by atoms with Gasteiger partial charge in [-0.1, -0.05) is 41.4 Å². The van der Waals surface area contributed by atoms with Crippen LogP contribution in [0.25, 0.3) is 11.0 Å². The summed E-state index contributed by atoms with van der Waals surface area (Å²) in [5.41, 5.74) is 5.33. The molecule has 1 amide bonds. The van der Waals surface area contributed by atoms with Crippen LogP contribution in [0.5, 0.6) is 5.75 Å². The number of hydrogen-bond donors (Lipinski definition) is 0. The van der Waals surface area contributed by atoms with Gasteiger partial charge in [0.2, 0.25) is 5.91 Å². The van der Waals surface area contributed by atoms with Gasteiger partial charge >= 0.3 is 0 Å². The van der Waals surface area contributed by atoms with Gasteiger partial charge in [0.15, 0.2) is 0 Å². The van der Waals surface area contributed by atoms with E-state index >= 15 is 0 Å². The number of imidazole rings is 1. The smallest absolute Gasteiger partial charge is 0.227 e. The van der Waals surface area contributed by atoms with Gasteiger partial charge in [0, 0.05) is 36.1 Å². The molecule has 2 heterocycles. The summed E-state index contributed by atoms with van der Waals surface area (Å²) in [4.78, 5) is 19.7. The minimum atomic E-state index is 0.0378. The number of nitrogens with zero attached hydrogens (tertiary/aromatic N) is 3. The number of rotatable bonds is 7. The molecular weight excluding hydrogens is 446 g/mol. The second kappa shape index (κ2) is 9.51. The van der Waals surface area contributed by atoms with Gasteiger partial charge in [-0.05, 0) is 68.3 Å². The average Bonchev–Trinajstić information content (AvgIpc) is 3.39. The van der Waals surface area contributed by atoms with Crippen molar-refractivity contribution in [2.24, 2.45) is 0 Å². The Labute approximate surface area is 204 Å². The molecule has 5 nitrogen and oxygen atoms in total. The molecule has 0 aliphatic carbocycles. The number of ether oxygens (including phenoxy) is 1. The molecule has 34 heavy (non-hydrogen) atoms. The van der Waals surface area contributed by atoms with Gasteiger partial charge in [-0.15, -0.1) is 0 Å². The SMILES string of the molecule is Cc1ccc(OCCCn2c(C3CC(=O)N(c4ccc(Cl)cc4)C3)nc3ccccc32)c(C)c1. The zero-order valence-corrected chi connectivity index (χ0v) is 20.3. The highest BCUT2D eigenvalue weighted by atomic mass is 35.5. The third kappa shape index (κ3) is 4.53. The van der Waals surface area contributed by atoms with Crippen molar-refractivity contribution in [3.63, 3.8) is 0 Å². The molecule has 1 fully saturated rings. The molecule has 174 valence electrons. The molecule has 5 rings (SSSR count). The van der Waals surface area contributed by atoms with Gasteiger partial charge in [-0.25, -0.2) is 4.98 Å². The first-order valence-electron chi connectivity index (χ1n) is 11.7. The van der Waals surface area contributed by atoms with Crippen LogP contribution in [-0.2, 0) is 11.3 Å². The minimum Gasteiger partial charge on any atom is -0.493 e. The lowest BCUT2D eigenvalue weighted by molar-refractivity contribution is -0.117. The number of anilines is 1. The predicted octanol–water partition coefficient (Wildman–Crippen LogP) is 6.30. The zero-order valence-electron chi connectivity index (χ0n) is 19.5. The number of hydrogen-bond acceptors (Lipinski definition) is 3. The molecule has 1 saturated heterocycles. The summed E-state index contributed by atoms with van der Waals surface area (Å²) < 4.78 is 8.33. The first kappa shape index (κ1) is 22.5. The summed E-state index contributed by atoms with van der Waals surface area (Å²) in [6.07, 6.45) is 1.30. The third-order valence-corrected chi connectivity index (χ3v) is 6.68. The lowest BCUT2D eigenvalue weighted by Crippen LogP contribution is -2.24. The van der Waals surface area contributed by atoms with Crippen molar-refractivity contribution in [1.82, 2.24) is 9.55 Å². The van der Waals surface area contributed by atoms with Crippen molar-refractivity contribution in [3.05, 3.63) is 88.7 Å². The summed E-state index contributed by atoms with van der Waals surface area (Å²) in [5.74, 6) is 2.05. The van der Waals surface area contributed by atoms with E-state index in [-0.39, 0.29) is 11.8 Å². The van der Waals surface area contributed by atoms with Crippen LogP contribution in [0.15, 0.2) is 66.7 Å². The number of aryl methyl sites for hydroxylation is 3. The second-order valence-corrected chi connectivity index (χ2v) is 9.40. The van der Waals surface area contributed by atoms with Crippen molar-refractivity contribution in [2.45, 2.75) is 39.2 Å². The van der Waals surface area contributed by atoms with E-state index in [0.717, 1.165) is 46.8 Å². The minimum absolute atomic E-state index is 0.0378. The predicted molar refractivity (Wildman–Crippen MR) is 137 cm³/mol. The molecule has 4 aromatic rings. The number of halogens is 1. The molecule has 3 aromatic carbocycles. The number of benzene rings is 3. The summed E-state index contributed by atoms with van der Waals surface area (Å²) >= 11 is 6.03. The molecule has 1 aromatic heterocycles. The fourth-order valence-electron chi connectivity index (χ4n) is 4.76. The van der Waals surface area contributed by atoms with Gasteiger partial charge < -0.3 is 14.2 Å². The van der Waals surface area contributed by atoms with E-state index in [1.165, 1.54) is 5.56 Å². The number of amides is 1. The van der Waals surface area contributed by atoms with Gasteiger partial charge in [0.05, 0.1) is 17.6 Å². The van der Waals surface area contributed by atoms with Gasteiger partial charge in [-0.2, -0.15) is 0 Å². The quantitative estimate of drug-likeness (QED) is 0.296. The molecule has 0 saturated carbocycles. The number of aromatic nitrogens is 2. The Bertz CT molecular complexity index is 1330. The van der Waals surface area contributed by atoms with Gasteiger partial charge in [0.1, 0.15) is 11.6 Å². The highest BCUT2D eigenvalue weighted by Crippen LogP contribution is 2.33. The normalized spacial score (nSPS) is 15.9. The first-order chi connectivity index (χ1) is 16.5. The van der Waals surface area contributed by atoms with Crippen molar-refractivity contribution in [2.75, 3.05) is 18.1 Å². The molecular formula is C28H28ClN3O2. The summed E-state index contributed by atoms with van der Waals surface area (Å²) in [6.45, 7) is 6.18. The maximum atomic E-state index is 12.9. The van der Waals surface area contributed by atoms with Crippen LogP contribution in [0.3, 0.4) is 0 Å². The van der Waals surface area contributed by atoms with E-state index in [4.69, 9.17) is 21.3 Å². The fraction of sp³-hybridized carbons (Fsp3) is 0.286. The van der Waals surface area contributed by atoms with Crippen LogP contribution in [0.2, 0.25) is 5.02 Å². The monoisotopic (exact) mass is 473 g/mol. The maximum absolute atomic E-state index is 12.9. The summed E-state index contributed by atoms with van der Waals surface area (Å²) in [7, 11) is 0. The maximum Gasteiger partial charge on any atom is 0.227 e. The lowest BCUT2D eigenvalue weighted by atomic mass is 10.1. The number of carbonyl (C=O) groups excluding carboxylic acids is 1. The molecule has 1 aliphatic heterocycles. The second-order valence-electron chi connectivity index (χ2n) is 8.96. The van der Waals surface area contributed by atoms with E-state index in [9.17, 15) is 4.79 Å². The van der Waals surface area contributed by atoms with Crippen molar-refractivity contribution in [3.8, 4) is 5.75 Å². The molecule has 1 aliphatic rings. The molecule has 0 N–H and O–H groups in total. The standard InChI is InChI=1S/C28H28ClN3O2/c1-19-8-13-26(20(2)16-19)34-15-5-14-31-25-7-4-3-6-24(25)30-28(31)21-17-27(33)32(18-21)23-11-9-22(29)10-12-23/h3-4,6-13,16,21H,5,14-15,17-18H2,1-2H3. The van der Waals surface area contributed by atoms with E-state index in [1.54, 1.807) is 0 Å². The number of para-hydroxylation sites is 2. The van der Waals surface area contributed by atoms with Gasteiger partial charge in [0.25, 0.3) is 0 Å². The highest BCUT2D eigenvalue weighted by molar-refractivity contribution is 6.30. The lowest BCUT2D eigenvalue weighted by Gasteiger charge is -2.17. The van der Waals surface area contributed by atoms with E-state index < -0.39 is 0 Å². The Hall–Kier alpha value is -3.31. The average molecular weight is 474 g/mol. The fourth-order valence-corrected chi connectivity index (χ4v) is 4.88. The zero-order chi connectivity index (χ0) is 23.7. The highest BCUT2D eigenvalue weighted by Gasteiger charge is 2.34. The van der Waals surface area contributed by atoms with Crippen molar-refractivity contribution in [1.29, 1.82) is 0 Å². The van der Waals surface area contributed by atoms with Crippen molar-refractivity contribution < 1.29 is 9.53 Å². The van der Waals surface area contributed by atoms with Crippen molar-refractivity contribution >= 4 is 34.2 Å². The molecule has 6 heteroatoms. The topological polar surface area (TPSA) is 47.4 Å². The molecule has 0 bridgehead atoms. The van der Waals surface area contributed by atoms with Crippen LogP contribution >= 0.6 is 11.6 Å². The van der Waals surface area contributed by atoms with E-state index in [0.29, 0.717) is 24.6 Å². The Morgan fingerprint density at radius 2 is 1.85 bits per heavy atom. The Balaban J connectivity index is 1.34. The molecule has 0 spiro atoms. The van der Waals surface area contributed by atoms with E-state index in [2.05, 4.69) is 36.6 Å². The van der Waals surface area contributed by atoms with Gasteiger partial charge in [-0.3, -0.25) is 4.79 Å². The largest absolute Gasteiger partial charge is 0.493 e. The third-order valence-electron chi connectivity index (χ3n) is 6.43. The van der Waals surface area contributed by atoms with Crippen LogP contribution in [0.4, 0.5) is 5.69 Å². The molecule has 1 unspecified atom stereocenters. The van der Waals surface area contributed by atoms with E-state index in [1.807, 2.05) is 53.4 Å². The molecule has 0 radical (unpaired) electrons. The van der Waals surface area contributed by atoms with Crippen LogP contribution in [0.1, 0.15) is 35.7 Å². The number of fused-ring (bicyclic) bond motifs is 1.